The zero-order valence-electron chi connectivity index (χ0n) is 18.2. The molecule has 164 valence electrons. The number of para-hydroxylation sites is 1. The zero-order valence-corrected chi connectivity index (χ0v) is 19.7. The van der Waals surface area contributed by atoms with Gasteiger partial charge in [0.1, 0.15) is 11.6 Å². The number of aryl methyl sites for hydroxylation is 2. The van der Waals surface area contributed by atoms with Crippen molar-refractivity contribution < 1.29 is 4.79 Å². The van der Waals surface area contributed by atoms with Gasteiger partial charge in [-0.2, -0.15) is 5.26 Å². The average Bonchev–Trinajstić information content (AvgIpc) is 3.13. The second-order valence-electron chi connectivity index (χ2n) is 7.91. The van der Waals surface area contributed by atoms with Gasteiger partial charge in [0, 0.05) is 44.9 Å². The van der Waals surface area contributed by atoms with Crippen LogP contribution in [0.5, 0.6) is 0 Å². The first-order valence-corrected chi connectivity index (χ1v) is 11.1. The van der Waals surface area contributed by atoms with E-state index in [0.717, 1.165) is 33.2 Å². The van der Waals surface area contributed by atoms with E-state index < -0.39 is 5.91 Å². The van der Waals surface area contributed by atoms with Crippen molar-refractivity contribution in [3.8, 4) is 6.07 Å². The molecular weight excluding hydrogens is 453 g/mol. The fourth-order valence-electron chi connectivity index (χ4n) is 3.72. The van der Waals surface area contributed by atoms with Crippen LogP contribution in [0.25, 0.3) is 17.0 Å². The van der Waals surface area contributed by atoms with Gasteiger partial charge in [0.25, 0.3) is 5.91 Å². The molecule has 4 aromatic rings. The van der Waals surface area contributed by atoms with Crippen molar-refractivity contribution in [1.29, 1.82) is 5.26 Å². The monoisotopic (exact) mass is 473 g/mol. The van der Waals surface area contributed by atoms with Gasteiger partial charge < -0.3 is 9.88 Å². The van der Waals surface area contributed by atoms with Gasteiger partial charge in [-0.3, -0.25) is 4.79 Å². The largest absolute Gasteiger partial charge is 0.342 e. The van der Waals surface area contributed by atoms with Crippen LogP contribution in [0.1, 0.15) is 22.3 Å². The Labute approximate surface area is 202 Å². The van der Waals surface area contributed by atoms with E-state index in [1.807, 2.05) is 79.2 Å². The highest BCUT2D eigenvalue weighted by Gasteiger charge is 2.14. The highest BCUT2D eigenvalue weighted by Crippen LogP contribution is 2.28. The van der Waals surface area contributed by atoms with Gasteiger partial charge in [-0.05, 0) is 60.9 Å². The van der Waals surface area contributed by atoms with E-state index in [9.17, 15) is 10.1 Å². The number of hydrogen-bond donors (Lipinski definition) is 1. The Bertz CT molecular complexity index is 1440. The molecule has 0 saturated carbocycles. The Morgan fingerprint density at radius 3 is 2.64 bits per heavy atom. The third kappa shape index (κ3) is 4.96. The number of fused-ring (bicyclic) bond motifs is 1. The average molecular weight is 474 g/mol. The minimum Gasteiger partial charge on any atom is -0.342 e. The molecule has 0 aliphatic carbocycles. The molecule has 4 rings (SSSR count). The number of carbonyl (C=O) groups is 1. The minimum absolute atomic E-state index is 0.0309. The number of hydrogen-bond acceptors (Lipinski definition) is 2. The Balaban J connectivity index is 1.70. The standard InChI is InChI=1S/C27H21Cl2N3O/c1-17-7-8-18(2)25(11-17)31-27(33)20(14-30)12-21-16-32(26-6-4-3-5-23(21)26)15-19-9-10-22(28)13-24(19)29/h3-13,16H,15H2,1-2H3,(H,31,33). The molecule has 0 radical (unpaired) electrons. The lowest BCUT2D eigenvalue weighted by atomic mass is 10.1. The highest BCUT2D eigenvalue weighted by molar-refractivity contribution is 6.35. The number of nitrogens with one attached hydrogen (secondary N) is 1. The van der Waals surface area contributed by atoms with Crippen molar-refractivity contribution >= 4 is 51.8 Å². The zero-order chi connectivity index (χ0) is 23.5. The minimum atomic E-state index is -0.441. The normalized spacial score (nSPS) is 11.4. The van der Waals surface area contributed by atoms with Crippen molar-refractivity contribution in [3.63, 3.8) is 0 Å². The van der Waals surface area contributed by atoms with Crippen LogP contribution in [0.3, 0.4) is 0 Å². The molecule has 0 spiro atoms. The number of rotatable bonds is 5. The molecule has 0 bridgehead atoms. The van der Waals surface area contributed by atoms with Crippen molar-refractivity contribution in [2.24, 2.45) is 0 Å². The summed E-state index contributed by atoms with van der Waals surface area (Å²) in [5.74, 6) is -0.441. The number of nitrogens with zero attached hydrogens (tertiary/aromatic N) is 2. The summed E-state index contributed by atoms with van der Waals surface area (Å²) in [7, 11) is 0. The first-order chi connectivity index (χ1) is 15.9. The summed E-state index contributed by atoms with van der Waals surface area (Å²) >= 11 is 12.4. The molecule has 1 N–H and O–H groups in total. The van der Waals surface area contributed by atoms with Gasteiger partial charge in [0.15, 0.2) is 0 Å². The summed E-state index contributed by atoms with van der Waals surface area (Å²) < 4.78 is 2.05. The molecule has 0 aliphatic rings. The van der Waals surface area contributed by atoms with Gasteiger partial charge in [-0.25, -0.2) is 0 Å². The first kappa shape index (κ1) is 22.7. The number of amides is 1. The smallest absolute Gasteiger partial charge is 0.266 e. The third-order valence-corrected chi connectivity index (χ3v) is 6.07. The number of anilines is 1. The molecule has 0 saturated heterocycles. The van der Waals surface area contributed by atoms with Gasteiger partial charge in [-0.1, -0.05) is 59.6 Å². The van der Waals surface area contributed by atoms with Gasteiger partial charge in [0.2, 0.25) is 0 Å². The maximum Gasteiger partial charge on any atom is 0.266 e. The maximum atomic E-state index is 12.9. The van der Waals surface area contributed by atoms with E-state index in [4.69, 9.17) is 23.2 Å². The molecule has 1 amide bonds. The van der Waals surface area contributed by atoms with E-state index in [1.165, 1.54) is 0 Å². The molecule has 1 aromatic heterocycles. The molecular formula is C27H21Cl2N3O. The predicted octanol–water partition coefficient (Wildman–Crippen LogP) is 7.16. The van der Waals surface area contributed by atoms with Crippen molar-refractivity contribution in [3.05, 3.63) is 105 Å². The topological polar surface area (TPSA) is 57.8 Å². The lowest BCUT2D eigenvalue weighted by Crippen LogP contribution is -2.14. The molecule has 3 aromatic carbocycles. The maximum absolute atomic E-state index is 12.9. The lowest BCUT2D eigenvalue weighted by Gasteiger charge is -2.08. The quantitative estimate of drug-likeness (QED) is 0.247. The Kier molecular flexibility index (Phi) is 6.55. The molecule has 0 aliphatic heterocycles. The molecule has 0 unspecified atom stereocenters. The predicted molar refractivity (Wildman–Crippen MR) is 136 cm³/mol. The SMILES string of the molecule is Cc1ccc(C)c(NC(=O)C(C#N)=Cc2cn(Cc3ccc(Cl)cc3Cl)c3ccccc23)c1. The molecule has 0 fully saturated rings. The summed E-state index contributed by atoms with van der Waals surface area (Å²) in [5.41, 5.74) is 5.37. The van der Waals surface area contributed by atoms with E-state index in [-0.39, 0.29) is 5.57 Å². The van der Waals surface area contributed by atoms with Gasteiger partial charge in [0.05, 0.1) is 0 Å². The van der Waals surface area contributed by atoms with Gasteiger partial charge in [-0.15, -0.1) is 0 Å². The molecule has 6 heteroatoms. The van der Waals surface area contributed by atoms with E-state index in [0.29, 0.717) is 22.3 Å². The van der Waals surface area contributed by atoms with Crippen molar-refractivity contribution in [1.82, 2.24) is 4.57 Å². The van der Waals surface area contributed by atoms with Crippen LogP contribution < -0.4 is 5.32 Å². The van der Waals surface area contributed by atoms with Crippen LogP contribution >= 0.6 is 23.2 Å². The number of nitriles is 1. The summed E-state index contributed by atoms with van der Waals surface area (Å²) in [4.78, 5) is 12.9. The summed E-state index contributed by atoms with van der Waals surface area (Å²) in [6.07, 6.45) is 3.56. The molecule has 33 heavy (non-hydrogen) atoms. The number of carbonyl (C=O) groups excluding carboxylic acids is 1. The van der Waals surface area contributed by atoms with Gasteiger partial charge >= 0.3 is 0 Å². The molecule has 1 heterocycles. The Morgan fingerprint density at radius 1 is 1.09 bits per heavy atom. The second-order valence-corrected chi connectivity index (χ2v) is 8.75. The number of halogens is 2. The summed E-state index contributed by atoms with van der Waals surface area (Å²) in [5, 5.41) is 14.7. The van der Waals surface area contributed by atoms with Crippen LogP contribution in [0.2, 0.25) is 10.0 Å². The van der Waals surface area contributed by atoms with Crippen molar-refractivity contribution in [2.45, 2.75) is 20.4 Å². The number of aromatic nitrogens is 1. The van der Waals surface area contributed by atoms with Crippen LogP contribution in [-0.4, -0.2) is 10.5 Å². The van der Waals surface area contributed by atoms with Crippen LogP contribution in [0.4, 0.5) is 5.69 Å². The number of benzene rings is 3. The van der Waals surface area contributed by atoms with E-state index >= 15 is 0 Å². The summed E-state index contributed by atoms with van der Waals surface area (Å²) in [6, 6.07) is 21.1. The molecule has 0 atom stereocenters. The van der Waals surface area contributed by atoms with Crippen LogP contribution in [0, 0.1) is 25.2 Å². The Morgan fingerprint density at radius 2 is 1.88 bits per heavy atom. The van der Waals surface area contributed by atoms with Crippen molar-refractivity contribution in [2.75, 3.05) is 5.32 Å². The summed E-state index contributed by atoms with van der Waals surface area (Å²) in [6.45, 7) is 4.40. The highest BCUT2D eigenvalue weighted by atomic mass is 35.5. The van der Waals surface area contributed by atoms with E-state index in [1.54, 1.807) is 18.2 Å². The van der Waals surface area contributed by atoms with E-state index in [2.05, 4.69) is 5.32 Å². The molecule has 4 nitrogen and oxygen atoms in total. The fourth-order valence-corrected chi connectivity index (χ4v) is 4.19. The second kappa shape index (κ2) is 9.54. The van der Waals surface area contributed by atoms with Crippen LogP contribution in [0.15, 0.2) is 72.4 Å². The fraction of sp³-hybridized carbons (Fsp3) is 0.111. The van der Waals surface area contributed by atoms with Crippen LogP contribution in [-0.2, 0) is 11.3 Å². The lowest BCUT2D eigenvalue weighted by molar-refractivity contribution is -0.112. The third-order valence-electron chi connectivity index (χ3n) is 5.48. The first-order valence-electron chi connectivity index (χ1n) is 10.4. The Hall–Kier alpha value is -3.52.